The smallest absolute Gasteiger partial charge is 0.237 e. The molecule has 1 amide bonds. The summed E-state index contributed by atoms with van der Waals surface area (Å²) >= 11 is 13.0. The first-order valence-electron chi connectivity index (χ1n) is 10.3. The number of benzene rings is 3. The van der Waals surface area contributed by atoms with Gasteiger partial charge in [-0.3, -0.25) is 4.79 Å². The maximum atomic E-state index is 12.8. The van der Waals surface area contributed by atoms with Crippen LogP contribution < -0.4 is 20.7 Å². The third-order valence-electron chi connectivity index (χ3n) is 4.82. The highest BCUT2D eigenvalue weighted by Gasteiger charge is 2.17. The van der Waals surface area contributed by atoms with E-state index in [-0.39, 0.29) is 11.2 Å². The average molecular weight is 500 g/mol. The zero-order chi connectivity index (χ0) is 24.0. The second-order valence-corrected chi connectivity index (χ2v) is 9.75. The minimum Gasteiger partial charge on any atom is -0.495 e. The van der Waals surface area contributed by atoms with E-state index in [0.29, 0.717) is 21.6 Å². The Balaban J connectivity index is 1.61. The van der Waals surface area contributed by atoms with E-state index in [2.05, 4.69) is 16.0 Å². The molecule has 3 N–H and O–H groups in total. The summed E-state index contributed by atoms with van der Waals surface area (Å²) < 4.78 is 5.35. The van der Waals surface area contributed by atoms with Crippen LogP contribution in [0.25, 0.3) is 0 Å². The fourth-order valence-corrected chi connectivity index (χ4v) is 4.32. The van der Waals surface area contributed by atoms with E-state index < -0.39 is 0 Å². The minimum absolute atomic E-state index is 0.130. The maximum absolute atomic E-state index is 12.8. The van der Waals surface area contributed by atoms with E-state index in [1.807, 2.05) is 75.4 Å². The molecular formula is C25H26ClN3O2S2. The molecule has 3 aromatic carbocycles. The fourth-order valence-electron chi connectivity index (χ4n) is 3.00. The Kier molecular flexibility index (Phi) is 8.61. The van der Waals surface area contributed by atoms with Crippen molar-refractivity contribution in [1.29, 1.82) is 0 Å². The second kappa shape index (κ2) is 11.4. The van der Waals surface area contributed by atoms with Crippen LogP contribution in [0, 0.1) is 13.8 Å². The Labute approximate surface area is 209 Å². The molecule has 0 aliphatic rings. The number of halogens is 1. The number of nitrogens with one attached hydrogen (secondary N) is 3. The normalized spacial score (nSPS) is 11.4. The van der Waals surface area contributed by atoms with Crippen LogP contribution in [0.5, 0.6) is 5.75 Å². The summed E-state index contributed by atoms with van der Waals surface area (Å²) in [6.45, 7) is 5.78. The van der Waals surface area contributed by atoms with Gasteiger partial charge in [0.15, 0.2) is 5.11 Å². The van der Waals surface area contributed by atoms with Crippen LogP contribution in [-0.4, -0.2) is 23.4 Å². The minimum atomic E-state index is -0.335. The molecule has 0 aromatic heterocycles. The summed E-state index contributed by atoms with van der Waals surface area (Å²) in [7, 11) is 1.55. The number of amides is 1. The fraction of sp³-hybridized carbons (Fsp3) is 0.200. The molecule has 0 aliphatic heterocycles. The van der Waals surface area contributed by atoms with Gasteiger partial charge >= 0.3 is 0 Å². The van der Waals surface area contributed by atoms with Crippen molar-refractivity contribution >= 4 is 63.7 Å². The third kappa shape index (κ3) is 7.12. The predicted octanol–water partition coefficient (Wildman–Crippen LogP) is 6.89. The van der Waals surface area contributed by atoms with Crippen LogP contribution in [-0.2, 0) is 4.79 Å². The molecule has 0 aliphatic carbocycles. The molecule has 0 bridgehead atoms. The SMILES string of the molecule is COc1cc(Cl)c(C)cc1NC(=O)C(C)Sc1cccc(NC(=S)Nc2ccc(C)cc2)c1. The number of methoxy groups -OCH3 is 1. The molecular weight excluding hydrogens is 474 g/mol. The highest BCUT2D eigenvalue weighted by Crippen LogP contribution is 2.32. The van der Waals surface area contributed by atoms with Crippen molar-refractivity contribution in [3.05, 3.63) is 76.8 Å². The number of carbonyl (C=O) groups is 1. The first-order chi connectivity index (χ1) is 15.7. The zero-order valence-corrected chi connectivity index (χ0v) is 21.3. The lowest BCUT2D eigenvalue weighted by Crippen LogP contribution is -2.23. The first kappa shape index (κ1) is 24.9. The Morgan fingerprint density at radius 3 is 2.39 bits per heavy atom. The number of ether oxygens (including phenoxy) is 1. The van der Waals surface area contributed by atoms with E-state index >= 15 is 0 Å². The van der Waals surface area contributed by atoms with E-state index in [0.717, 1.165) is 21.8 Å². The van der Waals surface area contributed by atoms with Crippen LogP contribution in [0.15, 0.2) is 65.6 Å². The standard InChI is InChI=1S/C25H26ClN3O2S2/c1-15-8-10-18(11-9-15)27-25(32)28-19-6-5-7-20(13-19)33-17(3)24(30)29-22-12-16(2)21(26)14-23(22)31-4/h5-14,17H,1-4H3,(H,29,30)(H2,27,28,32). The number of hydrogen-bond acceptors (Lipinski definition) is 4. The van der Waals surface area contributed by atoms with Gasteiger partial charge < -0.3 is 20.7 Å². The van der Waals surface area contributed by atoms with Gasteiger partial charge in [0.2, 0.25) is 5.91 Å². The van der Waals surface area contributed by atoms with Crippen LogP contribution in [0.4, 0.5) is 17.1 Å². The van der Waals surface area contributed by atoms with Crippen molar-refractivity contribution in [1.82, 2.24) is 0 Å². The van der Waals surface area contributed by atoms with Crippen molar-refractivity contribution < 1.29 is 9.53 Å². The molecule has 8 heteroatoms. The molecule has 172 valence electrons. The largest absolute Gasteiger partial charge is 0.495 e. The Morgan fingerprint density at radius 2 is 1.70 bits per heavy atom. The molecule has 0 radical (unpaired) electrons. The molecule has 0 fully saturated rings. The van der Waals surface area contributed by atoms with Crippen LogP contribution in [0.1, 0.15) is 18.1 Å². The molecule has 1 atom stereocenters. The molecule has 0 spiro atoms. The quantitative estimate of drug-likeness (QED) is 0.243. The number of thiocarbonyl (C=S) groups is 1. The van der Waals surface area contributed by atoms with Gasteiger partial charge in [0, 0.05) is 27.4 Å². The lowest BCUT2D eigenvalue weighted by atomic mass is 10.2. The number of carbonyl (C=O) groups excluding carboxylic acids is 1. The highest BCUT2D eigenvalue weighted by molar-refractivity contribution is 8.00. The van der Waals surface area contributed by atoms with Gasteiger partial charge in [-0.25, -0.2) is 0 Å². The molecule has 0 saturated carbocycles. The maximum Gasteiger partial charge on any atom is 0.237 e. The summed E-state index contributed by atoms with van der Waals surface area (Å²) in [4.78, 5) is 13.7. The molecule has 5 nitrogen and oxygen atoms in total. The van der Waals surface area contributed by atoms with E-state index in [9.17, 15) is 4.79 Å². The van der Waals surface area contributed by atoms with E-state index in [4.69, 9.17) is 28.6 Å². The van der Waals surface area contributed by atoms with Gasteiger partial charge in [0.05, 0.1) is 18.0 Å². The number of hydrogen-bond donors (Lipinski definition) is 3. The number of anilines is 3. The van der Waals surface area contributed by atoms with Crippen molar-refractivity contribution in [3.63, 3.8) is 0 Å². The summed E-state index contributed by atoms with van der Waals surface area (Å²) in [6, 6.07) is 19.3. The lowest BCUT2D eigenvalue weighted by Gasteiger charge is -2.16. The molecule has 0 saturated heterocycles. The van der Waals surface area contributed by atoms with E-state index in [1.54, 1.807) is 13.2 Å². The van der Waals surface area contributed by atoms with Gasteiger partial charge in [-0.1, -0.05) is 35.4 Å². The monoisotopic (exact) mass is 499 g/mol. The topological polar surface area (TPSA) is 62.4 Å². The third-order valence-corrected chi connectivity index (χ3v) is 6.53. The van der Waals surface area contributed by atoms with Gasteiger partial charge in [0.1, 0.15) is 5.75 Å². The summed E-state index contributed by atoms with van der Waals surface area (Å²) in [5.74, 6) is 0.395. The van der Waals surface area contributed by atoms with Crippen LogP contribution in [0.2, 0.25) is 5.02 Å². The van der Waals surface area contributed by atoms with Gasteiger partial charge in [-0.05, 0) is 75.0 Å². The molecule has 0 heterocycles. The van der Waals surface area contributed by atoms with Crippen LogP contribution in [0.3, 0.4) is 0 Å². The number of rotatable bonds is 7. The van der Waals surface area contributed by atoms with Crippen molar-refractivity contribution in [2.75, 3.05) is 23.1 Å². The summed E-state index contributed by atoms with van der Waals surface area (Å²) in [5, 5.41) is 10.1. The Hall–Kier alpha value is -2.74. The lowest BCUT2D eigenvalue weighted by molar-refractivity contribution is -0.115. The van der Waals surface area contributed by atoms with E-state index in [1.165, 1.54) is 17.3 Å². The average Bonchev–Trinajstić information content (AvgIpc) is 2.77. The summed E-state index contributed by atoms with van der Waals surface area (Å²) in [5.41, 5.74) is 4.41. The molecule has 1 unspecified atom stereocenters. The second-order valence-electron chi connectivity index (χ2n) is 7.52. The van der Waals surface area contributed by atoms with Gasteiger partial charge in [-0.2, -0.15) is 0 Å². The molecule has 33 heavy (non-hydrogen) atoms. The zero-order valence-electron chi connectivity index (χ0n) is 18.9. The van der Waals surface area contributed by atoms with Gasteiger partial charge in [0.25, 0.3) is 0 Å². The van der Waals surface area contributed by atoms with Crippen molar-refractivity contribution in [2.45, 2.75) is 30.9 Å². The molecule has 3 aromatic rings. The highest BCUT2D eigenvalue weighted by atomic mass is 35.5. The Bertz CT molecular complexity index is 1150. The number of aryl methyl sites for hydroxylation is 2. The first-order valence-corrected chi connectivity index (χ1v) is 12.0. The van der Waals surface area contributed by atoms with Crippen molar-refractivity contribution in [2.24, 2.45) is 0 Å². The van der Waals surface area contributed by atoms with Crippen LogP contribution >= 0.6 is 35.6 Å². The van der Waals surface area contributed by atoms with Gasteiger partial charge in [-0.15, -0.1) is 11.8 Å². The summed E-state index contributed by atoms with van der Waals surface area (Å²) in [6.07, 6.45) is 0. The predicted molar refractivity (Wildman–Crippen MR) is 144 cm³/mol. The Morgan fingerprint density at radius 1 is 1.00 bits per heavy atom. The number of thioether (sulfide) groups is 1. The molecule has 3 rings (SSSR count). The van der Waals surface area contributed by atoms with Crippen molar-refractivity contribution in [3.8, 4) is 5.75 Å².